The molecule has 0 spiro atoms. The molecule has 6 heteroatoms. The number of benzene rings is 2. The van der Waals surface area contributed by atoms with Crippen molar-refractivity contribution < 1.29 is 24.2 Å². The van der Waals surface area contributed by atoms with Gasteiger partial charge >= 0.3 is 12.1 Å². The Morgan fingerprint density at radius 1 is 1.00 bits per heavy atom. The third kappa shape index (κ3) is 7.81. The summed E-state index contributed by atoms with van der Waals surface area (Å²) in [5.74, 6) is 0.431. The van der Waals surface area contributed by atoms with Gasteiger partial charge in [-0.2, -0.15) is 0 Å². The van der Waals surface area contributed by atoms with E-state index in [9.17, 15) is 9.59 Å². The van der Waals surface area contributed by atoms with Crippen molar-refractivity contribution >= 4 is 12.1 Å². The summed E-state index contributed by atoms with van der Waals surface area (Å²) in [6.07, 6.45) is -0.448. The van der Waals surface area contributed by atoms with Crippen molar-refractivity contribution in [1.29, 1.82) is 0 Å². The molecule has 0 heterocycles. The second kappa shape index (κ2) is 9.07. The standard InChI is InChI=1S/C21H25NO5/c1-21(2,3)27-20(25)22-16(14-19(23)24)13-15-9-11-18(12-10-15)26-17-7-5-4-6-8-17/h4-12,16H,13-14H2,1-3H3,(H,22,25)(H,23,24). The highest BCUT2D eigenvalue weighted by Crippen LogP contribution is 2.21. The van der Waals surface area contributed by atoms with Crippen molar-refractivity contribution in [2.75, 3.05) is 0 Å². The summed E-state index contributed by atoms with van der Waals surface area (Å²) >= 11 is 0. The maximum Gasteiger partial charge on any atom is 0.407 e. The van der Waals surface area contributed by atoms with Gasteiger partial charge in [-0.05, 0) is 57.0 Å². The molecule has 2 rings (SSSR count). The molecule has 0 saturated heterocycles. The number of ether oxygens (including phenoxy) is 2. The van der Waals surface area contributed by atoms with Gasteiger partial charge in [0.05, 0.1) is 6.42 Å². The van der Waals surface area contributed by atoms with Crippen LogP contribution in [0.4, 0.5) is 4.79 Å². The number of alkyl carbamates (subject to hydrolysis) is 1. The highest BCUT2D eigenvalue weighted by atomic mass is 16.6. The number of hydrogen-bond donors (Lipinski definition) is 2. The molecule has 6 nitrogen and oxygen atoms in total. The quantitative estimate of drug-likeness (QED) is 0.754. The summed E-state index contributed by atoms with van der Waals surface area (Å²) in [6.45, 7) is 5.26. The number of para-hydroxylation sites is 1. The summed E-state index contributed by atoms with van der Waals surface area (Å²) in [5, 5.41) is 11.7. The predicted molar refractivity (Wildman–Crippen MR) is 102 cm³/mol. The number of nitrogens with one attached hydrogen (secondary N) is 1. The minimum absolute atomic E-state index is 0.193. The summed E-state index contributed by atoms with van der Waals surface area (Å²) in [4.78, 5) is 23.1. The second-order valence-electron chi connectivity index (χ2n) is 7.20. The van der Waals surface area contributed by atoms with Gasteiger partial charge in [0, 0.05) is 6.04 Å². The van der Waals surface area contributed by atoms with Crippen LogP contribution in [0.2, 0.25) is 0 Å². The Balaban J connectivity index is 1.99. The molecule has 0 fully saturated rings. The molecule has 0 radical (unpaired) electrons. The lowest BCUT2D eigenvalue weighted by molar-refractivity contribution is -0.137. The molecule has 0 aliphatic carbocycles. The number of aliphatic carboxylic acids is 1. The number of carbonyl (C=O) groups is 2. The molecule has 0 aliphatic heterocycles. The van der Waals surface area contributed by atoms with Crippen LogP contribution in [-0.4, -0.2) is 28.8 Å². The molecule has 1 amide bonds. The minimum Gasteiger partial charge on any atom is -0.481 e. The first-order valence-electron chi connectivity index (χ1n) is 8.74. The van der Waals surface area contributed by atoms with E-state index in [1.54, 1.807) is 20.8 Å². The third-order valence-corrected chi connectivity index (χ3v) is 3.53. The molecule has 2 aromatic rings. The number of hydrogen-bond acceptors (Lipinski definition) is 4. The summed E-state index contributed by atoms with van der Waals surface area (Å²) < 4.78 is 10.9. The van der Waals surface area contributed by atoms with Crippen LogP contribution in [0.3, 0.4) is 0 Å². The topological polar surface area (TPSA) is 84.9 Å². The van der Waals surface area contributed by atoms with Crippen molar-refractivity contribution in [3.63, 3.8) is 0 Å². The number of carboxylic acid groups (broad SMARTS) is 1. The first-order chi connectivity index (χ1) is 12.7. The second-order valence-corrected chi connectivity index (χ2v) is 7.20. The number of carboxylic acids is 1. The Hall–Kier alpha value is -3.02. The largest absolute Gasteiger partial charge is 0.481 e. The average molecular weight is 371 g/mol. The van der Waals surface area contributed by atoms with Gasteiger partial charge in [-0.1, -0.05) is 30.3 Å². The van der Waals surface area contributed by atoms with E-state index in [0.717, 1.165) is 11.3 Å². The van der Waals surface area contributed by atoms with E-state index in [1.165, 1.54) is 0 Å². The lowest BCUT2D eigenvalue weighted by Crippen LogP contribution is -2.41. The van der Waals surface area contributed by atoms with Crippen molar-refractivity contribution in [2.45, 2.75) is 45.3 Å². The molecule has 0 aliphatic rings. The molecule has 2 N–H and O–H groups in total. The highest BCUT2D eigenvalue weighted by Gasteiger charge is 2.21. The Morgan fingerprint density at radius 3 is 2.15 bits per heavy atom. The fraction of sp³-hybridized carbons (Fsp3) is 0.333. The van der Waals surface area contributed by atoms with E-state index in [2.05, 4.69) is 5.32 Å². The Bertz CT molecular complexity index is 750. The molecule has 27 heavy (non-hydrogen) atoms. The van der Waals surface area contributed by atoms with Gasteiger partial charge in [0.15, 0.2) is 0 Å². The fourth-order valence-corrected chi connectivity index (χ4v) is 2.46. The molecular weight excluding hydrogens is 346 g/mol. The molecule has 1 unspecified atom stereocenters. The monoisotopic (exact) mass is 371 g/mol. The van der Waals surface area contributed by atoms with E-state index < -0.39 is 23.7 Å². The first kappa shape index (κ1) is 20.3. The minimum atomic E-state index is -0.986. The van der Waals surface area contributed by atoms with Gasteiger partial charge in [0.2, 0.25) is 0 Å². The third-order valence-electron chi connectivity index (χ3n) is 3.53. The van der Waals surface area contributed by atoms with Gasteiger partial charge in [-0.15, -0.1) is 0 Å². The predicted octanol–water partition coefficient (Wildman–Crippen LogP) is 4.39. The lowest BCUT2D eigenvalue weighted by Gasteiger charge is -2.23. The molecular formula is C21H25NO5. The molecule has 0 bridgehead atoms. The maximum absolute atomic E-state index is 12.0. The molecule has 0 aromatic heterocycles. The molecule has 2 aromatic carbocycles. The van der Waals surface area contributed by atoms with Crippen LogP contribution in [0.1, 0.15) is 32.8 Å². The normalized spacial score (nSPS) is 12.1. The van der Waals surface area contributed by atoms with E-state index in [-0.39, 0.29) is 6.42 Å². The smallest absolute Gasteiger partial charge is 0.407 e. The van der Waals surface area contributed by atoms with Crippen molar-refractivity contribution in [3.8, 4) is 11.5 Å². The van der Waals surface area contributed by atoms with Crippen LogP contribution in [0.25, 0.3) is 0 Å². The zero-order valence-electron chi connectivity index (χ0n) is 15.8. The maximum atomic E-state index is 12.0. The van der Waals surface area contributed by atoms with Crippen LogP contribution in [0, 0.1) is 0 Å². The van der Waals surface area contributed by atoms with Crippen LogP contribution in [0.15, 0.2) is 54.6 Å². The zero-order chi connectivity index (χ0) is 19.9. The van der Waals surface area contributed by atoms with E-state index in [1.807, 2.05) is 54.6 Å². The van der Waals surface area contributed by atoms with Crippen LogP contribution in [-0.2, 0) is 16.0 Å². The van der Waals surface area contributed by atoms with Crippen LogP contribution in [0.5, 0.6) is 11.5 Å². The van der Waals surface area contributed by atoms with Gasteiger partial charge in [0.25, 0.3) is 0 Å². The fourth-order valence-electron chi connectivity index (χ4n) is 2.46. The highest BCUT2D eigenvalue weighted by molar-refractivity contribution is 5.71. The van der Waals surface area contributed by atoms with E-state index >= 15 is 0 Å². The summed E-state index contributed by atoms with van der Waals surface area (Å²) in [5.41, 5.74) is 0.242. The molecule has 1 atom stereocenters. The summed E-state index contributed by atoms with van der Waals surface area (Å²) in [6, 6.07) is 16.2. The van der Waals surface area contributed by atoms with Crippen LogP contribution < -0.4 is 10.1 Å². The van der Waals surface area contributed by atoms with Crippen molar-refractivity contribution in [2.24, 2.45) is 0 Å². The van der Waals surface area contributed by atoms with Gasteiger partial charge in [-0.25, -0.2) is 4.79 Å². The van der Waals surface area contributed by atoms with E-state index in [0.29, 0.717) is 12.2 Å². The average Bonchev–Trinajstić information content (AvgIpc) is 2.55. The summed E-state index contributed by atoms with van der Waals surface area (Å²) in [7, 11) is 0. The van der Waals surface area contributed by atoms with E-state index in [4.69, 9.17) is 14.6 Å². The number of rotatable bonds is 7. The molecule has 0 saturated carbocycles. The lowest BCUT2D eigenvalue weighted by atomic mass is 10.0. The molecule has 144 valence electrons. The van der Waals surface area contributed by atoms with Gasteiger partial charge in [-0.3, -0.25) is 4.79 Å². The number of amides is 1. The number of carbonyl (C=O) groups excluding carboxylic acids is 1. The van der Waals surface area contributed by atoms with Crippen molar-refractivity contribution in [1.82, 2.24) is 5.32 Å². The Morgan fingerprint density at radius 2 is 1.59 bits per heavy atom. The van der Waals surface area contributed by atoms with Crippen molar-refractivity contribution in [3.05, 3.63) is 60.2 Å². The first-order valence-corrected chi connectivity index (χ1v) is 8.74. The van der Waals surface area contributed by atoms with Crippen LogP contribution >= 0.6 is 0 Å². The Kier molecular flexibility index (Phi) is 6.82. The SMILES string of the molecule is CC(C)(C)OC(=O)NC(CC(=O)O)Cc1ccc(Oc2ccccc2)cc1. The zero-order valence-corrected chi connectivity index (χ0v) is 15.8. The van der Waals surface area contributed by atoms with Gasteiger partial charge in [0.1, 0.15) is 17.1 Å². The van der Waals surface area contributed by atoms with Gasteiger partial charge < -0.3 is 19.9 Å². The Labute approximate surface area is 159 Å².